The van der Waals surface area contributed by atoms with Crippen LogP contribution in [0.1, 0.15) is 11.1 Å². The predicted octanol–water partition coefficient (Wildman–Crippen LogP) is 2.58. The van der Waals surface area contributed by atoms with Crippen LogP contribution in [-0.4, -0.2) is 32.2 Å². The maximum absolute atomic E-state index is 5.15. The molecule has 6 nitrogen and oxygen atoms in total. The zero-order chi connectivity index (χ0) is 16.5. The highest BCUT2D eigenvalue weighted by atomic mass is 127. The Kier molecular flexibility index (Phi) is 8.92. The third kappa shape index (κ3) is 6.23. The Morgan fingerprint density at radius 1 is 1.00 bits per heavy atom. The van der Waals surface area contributed by atoms with E-state index < -0.39 is 0 Å². The Morgan fingerprint density at radius 3 is 2.25 bits per heavy atom. The third-order valence-corrected chi connectivity index (χ3v) is 3.31. The maximum Gasteiger partial charge on any atom is 0.213 e. The first kappa shape index (κ1) is 20.0. The molecule has 0 aliphatic heterocycles. The summed E-state index contributed by atoms with van der Waals surface area (Å²) >= 11 is 0. The van der Waals surface area contributed by atoms with Crippen LogP contribution in [0.5, 0.6) is 11.6 Å². The van der Waals surface area contributed by atoms with E-state index in [4.69, 9.17) is 9.47 Å². The Hall–Kier alpha value is -2.03. The van der Waals surface area contributed by atoms with E-state index in [9.17, 15) is 0 Å². The van der Waals surface area contributed by atoms with Crippen molar-refractivity contribution in [2.45, 2.75) is 13.1 Å². The molecule has 1 aromatic heterocycles. The molecule has 130 valence electrons. The number of aromatic nitrogens is 1. The summed E-state index contributed by atoms with van der Waals surface area (Å²) in [5.41, 5.74) is 2.23. The summed E-state index contributed by atoms with van der Waals surface area (Å²) < 4.78 is 10.3. The number of aliphatic imine (C=N–C) groups is 1. The van der Waals surface area contributed by atoms with Gasteiger partial charge in [0.1, 0.15) is 5.75 Å². The fourth-order valence-corrected chi connectivity index (χ4v) is 2.01. The van der Waals surface area contributed by atoms with E-state index in [1.165, 1.54) is 0 Å². The minimum Gasteiger partial charge on any atom is -0.497 e. The summed E-state index contributed by atoms with van der Waals surface area (Å²) in [6, 6.07) is 11.8. The second kappa shape index (κ2) is 10.7. The number of ether oxygens (including phenoxy) is 2. The molecule has 24 heavy (non-hydrogen) atoms. The summed E-state index contributed by atoms with van der Waals surface area (Å²) in [4.78, 5) is 8.31. The summed E-state index contributed by atoms with van der Waals surface area (Å²) in [5, 5.41) is 6.53. The Balaban J connectivity index is 0.00000288. The highest BCUT2D eigenvalue weighted by molar-refractivity contribution is 14.0. The number of hydrogen-bond donors (Lipinski definition) is 2. The van der Waals surface area contributed by atoms with Crippen molar-refractivity contribution >= 4 is 29.9 Å². The first-order valence-corrected chi connectivity index (χ1v) is 7.31. The van der Waals surface area contributed by atoms with E-state index in [0.717, 1.165) is 22.8 Å². The smallest absolute Gasteiger partial charge is 0.213 e. The van der Waals surface area contributed by atoms with Crippen molar-refractivity contribution in [3.05, 3.63) is 53.7 Å². The van der Waals surface area contributed by atoms with Gasteiger partial charge < -0.3 is 20.1 Å². The molecule has 0 aliphatic carbocycles. The number of hydrogen-bond acceptors (Lipinski definition) is 4. The first-order valence-electron chi connectivity index (χ1n) is 7.31. The molecule has 0 aliphatic rings. The van der Waals surface area contributed by atoms with Crippen LogP contribution in [0.2, 0.25) is 0 Å². The van der Waals surface area contributed by atoms with Gasteiger partial charge in [-0.1, -0.05) is 12.1 Å². The maximum atomic E-state index is 5.15. The number of pyridine rings is 1. The van der Waals surface area contributed by atoms with Crippen LogP contribution in [-0.2, 0) is 13.1 Å². The zero-order valence-corrected chi connectivity index (χ0v) is 16.4. The lowest BCUT2D eigenvalue weighted by Crippen LogP contribution is -2.36. The van der Waals surface area contributed by atoms with Crippen LogP contribution in [0.15, 0.2) is 47.6 Å². The molecular formula is C17H23IN4O2. The molecular weight excluding hydrogens is 419 g/mol. The van der Waals surface area contributed by atoms with Crippen LogP contribution < -0.4 is 20.1 Å². The minimum absolute atomic E-state index is 0. The third-order valence-electron chi connectivity index (χ3n) is 3.31. The topological polar surface area (TPSA) is 67.8 Å². The van der Waals surface area contributed by atoms with E-state index in [-0.39, 0.29) is 24.0 Å². The van der Waals surface area contributed by atoms with E-state index in [1.54, 1.807) is 27.5 Å². The molecule has 1 aromatic carbocycles. The van der Waals surface area contributed by atoms with Crippen molar-refractivity contribution in [3.63, 3.8) is 0 Å². The van der Waals surface area contributed by atoms with E-state index in [0.29, 0.717) is 19.0 Å². The number of guanidine groups is 1. The molecule has 2 rings (SSSR count). The number of rotatable bonds is 6. The molecule has 0 amide bonds. The summed E-state index contributed by atoms with van der Waals surface area (Å²) in [6.45, 7) is 1.32. The molecule has 0 saturated heterocycles. The van der Waals surface area contributed by atoms with Gasteiger partial charge in [0.2, 0.25) is 5.88 Å². The van der Waals surface area contributed by atoms with Gasteiger partial charge >= 0.3 is 0 Å². The van der Waals surface area contributed by atoms with Gasteiger partial charge in [-0.15, -0.1) is 24.0 Å². The second-order valence-corrected chi connectivity index (χ2v) is 4.83. The van der Waals surface area contributed by atoms with E-state index in [2.05, 4.69) is 20.6 Å². The molecule has 0 radical (unpaired) electrons. The van der Waals surface area contributed by atoms with E-state index >= 15 is 0 Å². The number of nitrogens with zero attached hydrogens (tertiary/aromatic N) is 2. The van der Waals surface area contributed by atoms with Crippen LogP contribution in [0, 0.1) is 0 Å². The van der Waals surface area contributed by atoms with Crippen LogP contribution in [0.4, 0.5) is 0 Å². The predicted molar refractivity (Wildman–Crippen MR) is 106 cm³/mol. The number of halogens is 1. The van der Waals surface area contributed by atoms with Gasteiger partial charge in [-0.25, -0.2) is 4.98 Å². The van der Waals surface area contributed by atoms with Crippen molar-refractivity contribution in [2.75, 3.05) is 21.3 Å². The fourth-order valence-electron chi connectivity index (χ4n) is 2.01. The summed E-state index contributed by atoms with van der Waals surface area (Å²) in [6.07, 6.45) is 1.73. The van der Waals surface area contributed by atoms with Crippen LogP contribution in [0.25, 0.3) is 0 Å². The molecule has 0 fully saturated rings. The molecule has 0 spiro atoms. The summed E-state index contributed by atoms with van der Waals surface area (Å²) in [7, 11) is 5.01. The van der Waals surface area contributed by atoms with Crippen molar-refractivity contribution < 1.29 is 9.47 Å². The average molecular weight is 442 g/mol. The van der Waals surface area contributed by atoms with Gasteiger partial charge in [-0.2, -0.15) is 0 Å². The molecule has 0 bridgehead atoms. The van der Waals surface area contributed by atoms with Crippen LogP contribution >= 0.6 is 24.0 Å². The molecule has 0 saturated carbocycles. The quantitative estimate of drug-likeness (QED) is 0.409. The van der Waals surface area contributed by atoms with Crippen molar-refractivity contribution in [2.24, 2.45) is 4.99 Å². The molecule has 0 unspecified atom stereocenters. The number of nitrogens with one attached hydrogen (secondary N) is 2. The largest absolute Gasteiger partial charge is 0.497 e. The van der Waals surface area contributed by atoms with Crippen molar-refractivity contribution in [1.29, 1.82) is 0 Å². The van der Waals surface area contributed by atoms with Crippen molar-refractivity contribution in [3.8, 4) is 11.6 Å². The monoisotopic (exact) mass is 442 g/mol. The highest BCUT2D eigenvalue weighted by Gasteiger charge is 2.01. The Labute approximate surface area is 159 Å². The Bertz CT molecular complexity index is 647. The standard InChI is InChI=1S/C17H22N4O2.HI/c1-18-17(20-11-13-4-6-15(22-2)7-5-13)21-12-14-8-9-19-16(10-14)23-3;/h4-10H,11-12H2,1-3H3,(H2,18,20,21);1H. The van der Waals surface area contributed by atoms with E-state index in [1.807, 2.05) is 36.4 Å². The second-order valence-electron chi connectivity index (χ2n) is 4.83. The van der Waals surface area contributed by atoms with Gasteiger partial charge in [-0.05, 0) is 29.3 Å². The zero-order valence-electron chi connectivity index (χ0n) is 14.1. The van der Waals surface area contributed by atoms with Crippen LogP contribution in [0.3, 0.4) is 0 Å². The summed E-state index contributed by atoms with van der Waals surface area (Å²) in [5.74, 6) is 2.19. The highest BCUT2D eigenvalue weighted by Crippen LogP contribution is 2.11. The lowest BCUT2D eigenvalue weighted by atomic mass is 10.2. The average Bonchev–Trinajstić information content (AvgIpc) is 2.62. The molecule has 1 heterocycles. The van der Waals surface area contributed by atoms with Gasteiger partial charge in [0, 0.05) is 32.4 Å². The fraction of sp³-hybridized carbons (Fsp3) is 0.294. The molecule has 2 aromatic rings. The molecule has 0 atom stereocenters. The van der Waals surface area contributed by atoms with Gasteiger partial charge in [-0.3, -0.25) is 4.99 Å². The van der Waals surface area contributed by atoms with Crippen molar-refractivity contribution in [1.82, 2.24) is 15.6 Å². The molecule has 2 N–H and O–H groups in total. The lowest BCUT2D eigenvalue weighted by Gasteiger charge is -2.12. The van der Waals surface area contributed by atoms with Gasteiger partial charge in [0.15, 0.2) is 5.96 Å². The number of methoxy groups -OCH3 is 2. The SMILES string of the molecule is CN=C(NCc1ccc(OC)cc1)NCc1ccnc(OC)c1.I. The normalized spacial score (nSPS) is 10.5. The Morgan fingerprint density at radius 2 is 1.67 bits per heavy atom. The minimum atomic E-state index is 0. The van der Waals surface area contributed by atoms with Gasteiger partial charge in [0.05, 0.1) is 14.2 Å². The lowest BCUT2D eigenvalue weighted by molar-refractivity contribution is 0.397. The van der Waals surface area contributed by atoms with Gasteiger partial charge in [0.25, 0.3) is 0 Å². The number of benzene rings is 1. The molecule has 7 heteroatoms. The first-order chi connectivity index (χ1) is 11.2.